The Morgan fingerprint density at radius 2 is 2.11 bits per heavy atom. The Morgan fingerprint density at radius 1 is 1.42 bits per heavy atom. The molecular formula is C14H16N4O. The van der Waals surface area contributed by atoms with Crippen LogP contribution in [0.3, 0.4) is 0 Å². The van der Waals surface area contributed by atoms with Crippen LogP contribution in [0.2, 0.25) is 0 Å². The van der Waals surface area contributed by atoms with Crippen molar-refractivity contribution in [1.29, 1.82) is 0 Å². The molecule has 0 unspecified atom stereocenters. The van der Waals surface area contributed by atoms with Crippen LogP contribution in [0.4, 0.5) is 5.95 Å². The molecule has 0 fully saturated rings. The van der Waals surface area contributed by atoms with E-state index in [0.29, 0.717) is 5.65 Å². The van der Waals surface area contributed by atoms with Crippen LogP contribution in [-0.2, 0) is 4.79 Å². The van der Waals surface area contributed by atoms with Gasteiger partial charge in [-0.3, -0.25) is 10.1 Å². The Kier molecular flexibility index (Phi) is 3.03. The first-order valence-electron chi connectivity index (χ1n) is 5.96. The molecule has 0 bridgehead atoms. The van der Waals surface area contributed by atoms with Crippen LogP contribution in [0.5, 0.6) is 0 Å². The number of nitrogens with one attached hydrogen (secondary N) is 2. The number of carbonyl (C=O) groups excluding carboxylic acids is 1. The number of terminal acetylenes is 1. The van der Waals surface area contributed by atoms with Gasteiger partial charge >= 0.3 is 0 Å². The van der Waals surface area contributed by atoms with Gasteiger partial charge in [0.2, 0.25) is 11.9 Å². The fraction of sp³-hybridized carbons (Fsp3) is 0.357. The molecule has 0 aromatic carbocycles. The number of fused-ring (bicyclic) bond motifs is 1. The van der Waals surface area contributed by atoms with Crippen molar-refractivity contribution in [2.75, 3.05) is 5.32 Å². The summed E-state index contributed by atoms with van der Waals surface area (Å²) in [5, 5.41) is 3.53. The van der Waals surface area contributed by atoms with Gasteiger partial charge in [0.1, 0.15) is 5.65 Å². The molecule has 0 spiro atoms. The van der Waals surface area contributed by atoms with Gasteiger partial charge in [0.25, 0.3) is 0 Å². The lowest BCUT2D eigenvalue weighted by Gasteiger charge is -2.16. The summed E-state index contributed by atoms with van der Waals surface area (Å²) < 4.78 is 0. The second kappa shape index (κ2) is 4.39. The number of aromatic nitrogens is 3. The quantitative estimate of drug-likeness (QED) is 0.769. The summed E-state index contributed by atoms with van der Waals surface area (Å²) in [5.41, 5.74) is 1.60. The summed E-state index contributed by atoms with van der Waals surface area (Å²) in [5.74, 6) is 2.73. The molecule has 2 rings (SSSR count). The van der Waals surface area contributed by atoms with Gasteiger partial charge in [0, 0.05) is 11.6 Å². The molecule has 98 valence electrons. The Balaban J connectivity index is 2.43. The lowest BCUT2D eigenvalue weighted by atomic mass is 9.96. The van der Waals surface area contributed by atoms with Crippen molar-refractivity contribution in [2.45, 2.75) is 27.7 Å². The predicted molar refractivity (Wildman–Crippen MR) is 74.6 cm³/mol. The number of anilines is 1. The Morgan fingerprint density at radius 3 is 2.68 bits per heavy atom. The van der Waals surface area contributed by atoms with E-state index in [0.717, 1.165) is 16.6 Å². The summed E-state index contributed by atoms with van der Waals surface area (Å²) >= 11 is 0. The SMILES string of the molecule is C#Cc1c[nH]c2nc(NC(=O)C(C)(C)C)nc(C)c12. The molecule has 2 N–H and O–H groups in total. The van der Waals surface area contributed by atoms with Crippen molar-refractivity contribution in [2.24, 2.45) is 5.41 Å². The van der Waals surface area contributed by atoms with Gasteiger partial charge in [-0.25, -0.2) is 4.98 Å². The van der Waals surface area contributed by atoms with Crippen molar-refractivity contribution >= 4 is 22.9 Å². The van der Waals surface area contributed by atoms with Crippen molar-refractivity contribution < 1.29 is 4.79 Å². The highest BCUT2D eigenvalue weighted by atomic mass is 16.2. The van der Waals surface area contributed by atoms with Crippen LogP contribution in [0.15, 0.2) is 6.20 Å². The zero-order valence-electron chi connectivity index (χ0n) is 11.5. The average Bonchev–Trinajstić information content (AvgIpc) is 2.71. The minimum Gasteiger partial charge on any atom is -0.345 e. The predicted octanol–water partition coefficient (Wildman–Crippen LogP) is 2.23. The van der Waals surface area contributed by atoms with Gasteiger partial charge in [-0.2, -0.15) is 4.98 Å². The standard InChI is InChI=1S/C14H16N4O/c1-6-9-7-15-11-10(9)8(2)16-13(17-11)18-12(19)14(3,4)5/h1,7H,2-5H3,(H2,15,16,17,18,19). The number of H-pyrrole nitrogens is 1. The van der Waals surface area contributed by atoms with Gasteiger partial charge in [0.15, 0.2) is 0 Å². The van der Waals surface area contributed by atoms with E-state index in [4.69, 9.17) is 6.42 Å². The van der Waals surface area contributed by atoms with Gasteiger partial charge in [-0.05, 0) is 6.92 Å². The average molecular weight is 256 g/mol. The lowest BCUT2D eigenvalue weighted by Crippen LogP contribution is -2.28. The summed E-state index contributed by atoms with van der Waals surface area (Å²) in [4.78, 5) is 23.4. The fourth-order valence-electron chi connectivity index (χ4n) is 1.67. The van der Waals surface area contributed by atoms with E-state index in [-0.39, 0.29) is 11.9 Å². The highest BCUT2D eigenvalue weighted by molar-refractivity contribution is 5.94. The molecule has 0 saturated heterocycles. The smallest absolute Gasteiger partial charge is 0.232 e. The van der Waals surface area contributed by atoms with E-state index >= 15 is 0 Å². The first kappa shape index (κ1) is 13.1. The number of aromatic amines is 1. The molecule has 2 aromatic rings. The molecule has 0 aliphatic carbocycles. The van der Waals surface area contributed by atoms with Crippen LogP contribution in [0, 0.1) is 24.7 Å². The van der Waals surface area contributed by atoms with E-state index in [2.05, 4.69) is 26.2 Å². The van der Waals surface area contributed by atoms with Crippen LogP contribution >= 0.6 is 0 Å². The summed E-state index contributed by atoms with van der Waals surface area (Å²) in [6, 6.07) is 0. The third-order valence-corrected chi connectivity index (χ3v) is 2.77. The molecule has 0 aliphatic rings. The van der Waals surface area contributed by atoms with Gasteiger partial charge in [-0.1, -0.05) is 26.7 Å². The largest absolute Gasteiger partial charge is 0.345 e. The molecule has 5 nitrogen and oxygen atoms in total. The third-order valence-electron chi connectivity index (χ3n) is 2.77. The number of hydrogen-bond donors (Lipinski definition) is 2. The zero-order chi connectivity index (χ0) is 14.2. The van der Waals surface area contributed by atoms with E-state index in [1.165, 1.54) is 0 Å². The highest BCUT2D eigenvalue weighted by Crippen LogP contribution is 2.21. The summed E-state index contributed by atoms with van der Waals surface area (Å²) in [6.07, 6.45) is 7.12. The van der Waals surface area contributed by atoms with Crippen molar-refractivity contribution in [3.63, 3.8) is 0 Å². The van der Waals surface area contributed by atoms with E-state index in [9.17, 15) is 4.79 Å². The molecule has 2 aromatic heterocycles. The molecule has 0 radical (unpaired) electrons. The third kappa shape index (κ3) is 2.43. The number of aryl methyl sites for hydroxylation is 1. The first-order chi connectivity index (χ1) is 8.82. The second-order valence-corrected chi connectivity index (χ2v) is 5.41. The van der Waals surface area contributed by atoms with Crippen LogP contribution in [0.1, 0.15) is 32.0 Å². The minimum absolute atomic E-state index is 0.130. The van der Waals surface area contributed by atoms with Gasteiger partial charge < -0.3 is 4.98 Å². The second-order valence-electron chi connectivity index (χ2n) is 5.41. The van der Waals surface area contributed by atoms with Crippen molar-refractivity contribution in [1.82, 2.24) is 15.0 Å². The Hall–Kier alpha value is -2.35. The van der Waals surface area contributed by atoms with Crippen molar-refractivity contribution in [3.05, 3.63) is 17.5 Å². The number of hydrogen-bond acceptors (Lipinski definition) is 3. The van der Waals surface area contributed by atoms with E-state index < -0.39 is 5.41 Å². The maximum atomic E-state index is 11.9. The highest BCUT2D eigenvalue weighted by Gasteiger charge is 2.22. The van der Waals surface area contributed by atoms with Crippen LogP contribution in [0.25, 0.3) is 11.0 Å². The van der Waals surface area contributed by atoms with Crippen molar-refractivity contribution in [3.8, 4) is 12.3 Å². The normalized spacial score (nSPS) is 11.3. The fourth-order valence-corrected chi connectivity index (χ4v) is 1.67. The molecule has 1 amide bonds. The molecule has 19 heavy (non-hydrogen) atoms. The topological polar surface area (TPSA) is 70.7 Å². The molecule has 2 heterocycles. The van der Waals surface area contributed by atoms with Crippen LogP contribution in [-0.4, -0.2) is 20.9 Å². The molecule has 0 aliphatic heterocycles. The Bertz CT molecular complexity index is 686. The number of rotatable bonds is 1. The maximum Gasteiger partial charge on any atom is 0.232 e. The maximum absolute atomic E-state index is 11.9. The minimum atomic E-state index is -0.494. The van der Waals surface area contributed by atoms with Gasteiger partial charge in [-0.15, -0.1) is 6.42 Å². The molecule has 0 atom stereocenters. The Labute approximate surface area is 111 Å². The van der Waals surface area contributed by atoms with E-state index in [1.54, 1.807) is 6.20 Å². The monoisotopic (exact) mass is 256 g/mol. The number of carbonyl (C=O) groups is 1. The van der Waals surface area contributed by atoms with Crippen LogP contribution < -0.4 is 5.32 Å². The molecular weight excluding hydrogens is 240 g/mol. The zero-order valence-corrected chi connectivity index (χ0v) is 11.5. The molecule has 0 saturated carbocycles. The summed E-state index contributed by atoms with van der Waals surface area (Å²) in [7, 11) is 0. The van der Waals surface area contributed by atoms with Gasteiger partial charge in [0.05, 0.1) is 16.6 Å². The number of nitrogens with zero attached hydrogens (tertiary/aromatic N) is 2. The number of amides is 1. The first-order valence-corrected chi connectivity index (χ1v) is 5.96. The summed E-state index contributed by atoms with van der Waals surface area (Å²) in [6.45, 7) is 7.34. The molecule has 5 heteroatoms. The lowest BCUT2D eigenvalue weighted by molar-refractivity contribution is -0.123. The van der Waals surface area contributed by atoms with E-state index in [1.807, 2.05) is 27.7 Å².